The van der Waals surface area contributed by atoms with E-state index in [2.05, 4.69) is 5.32 Å². The number of phenols is 1. The second-order valence-electron chi connectivity index (χ2n) is 3.97. The Labute approximate surface area is 90.1 Å². The van der Waals surface area contributed by atoms with Gasteiger partial charge in [0.05, 0.1) is 7.11 Å². The van der Waals surface area contributed by atoms with Crippen LogP contribution in [-0.2, 0) is 0 Å². The molecule has 0 amide bonds. The molecule has 0 radical (unpaired) electrons. The maximum atomic E-state index is 9.80. The lowest BCUT2D eigenvalue weighted by atomic mass is 9.91. The van der Waals surface area contributed by atoms with E-state index in [0.29, 0.717) is 11.7 Å². The fourth-order valence-corrected chi connectivity index (χ4v) is 2.10. The number of piperidine rings is 1. The van der Waals surface area contributed by atoms with Gasteiger partial charge in [-0.25, -0.2) is 0 Å². The summed E-state index contributed by atoms with van der Waals surface area (Å²) in [7, 11) is 1.65. The molecule has 0 spiro atoms. The SMILES string of the molecule is COc1ccc(O)c(C2CCCNC2)c1. The number of phenolic OH excluding ortho intramolecular Hbond substituents is 1. The van der Waals surface area contributed by atoms with Crippen LogP contribution in [0.25, 0.3) is 0 Å². The van der Waals surface area contributed by atoms with E-state index in [9.17, 15) is 5.11 Å². The quantitative estimate of drug-likeness (QED) is 0.778. The molecule has 2 rings (SSSR count). The van der Waals surface area contributed by atoms with Crippen LogP contribution in [0.15, 0.2) is 18.2 Å². The molecule has 1 aromatic carbocycles. The van der Waals surface area contributed by atoms with Crippen LogP contribution in [-0.4, -0.2) is 25.3 Å². The summed E-state index contributed by atoms with van der Waals surface area (Å²) in [6.07, 6.45) is 2.30. The van der Waals surface area contributed by atoms with E-state index < -0.39 is 0 Å². The van der Waals surface area contributed by atoms with Gasteiger partial charge in [0.25, 0.3) is 0 Å². The standard InChI is InChI=1S/C12H17NO2/c1-15-10-4-5-12(14)11(7-10)9-3-2-6-13-8-9/h4-5,7,9,13-14H,2-3,6,8H2,1H3. The summed E-state index contributed by atoms with van der Waals surface area (Å²) >= 11 is 0. The summed E-state index contributed by atoms with van der Waals surface area (Å²) in [4.78, 5) is 0. The van der Waals surface area contributed by atoms with Crippen molar-refractivity contribution in [1.29, 1.82) is 0 Å². The number of hydrogen-bond acceptors (Lipinski definition) is 3. The van der Waals surface area contributed by atoms with Crippen LogP contribution in [0.4, 0.5) is 0 Å². The lowest BCUT2D eigenvalue weighted by Crippen LogP contribution is -2.28. The first kappa shape index (κ1) is 10.3. The highest BCUT2D eigenvalue weighted by atomic mass is 16.5. The number of benzene rings is 1. The molecule has 3 heteroatoms. The van der Waals surface area contributed by atoms with Gasteiger partial charge < -0.3 is 15.2 Å². The van der Waals surface area contributed by atoms with Crippen molar-refractivity contribution in [3.63, 3.8) is 0 Å². The number of rotatable bonds is 2. The highest BCUT2D eigenvalue weighted by Gasteiger charge is 2.18. The van der Waals surface area contributed by atoms with Gasteiger partial charge in [0.15, 0.2) is 0 Å². The predicted octanol–water partition coefficient (Wildman–Crippen LogP) is 1.87. The Kier molecular flexibility index (Phi) is 3.11. The molecule has 0 aromatic heterocycles. The van der Waals surface area contributed by atoms with E-state index in [1.54, 1.807) is 19.2 Å². The van der Waals surface area contributed by atoms with Gasteiger partial charge in [-0.1, -0.05) is 0 Å². The number of methoxy groups -OCH3 is 1. The Balaban J connectivity index is 2.24. The Morgan fingerprint density at radius 1 is 1.47 bits per heavy atom. The first-order chi connectivity index (χ1) is 7.31. The first-order valence-corrected chi connectivity index (χ1v) is 5.39. The van der Waals surface area contributed by atoms with Crippen molar-refractivity contribution >= 4 is 0 Å². The molecule has 82 valence electrons. The van der Waals surface area contributed by atoms with E-state index in [-0.39, 0.29) is 0 Å². The fraction of sp³-hybridized carbons (Fsp3) is 0.500. The lowest BCUT2D eigenvalue weighted by Gasteiger charge is -2.24. The summed E-state index contributed by atoms with van der Waals surface area (Å²) in [5.41, 5.74) is 1.00. The highest BCUT2D eigenvalue weighted by molar-refractivity contribution is 5.41. The largest absolute Gasteiger partial charge is 0.508 e. The van der Waals surface area contributed by atoms with Crippen LogP contribution in [0.1, 0.15) is 24.3 Å². The van der Waals surface area contributed by atoms with Crippen LogP contribution in [0, 0.1) is 0 Å². The van der Waals surface area contributed by atoms with Gasteiger partial charge in [-0.15, -0.1) is 0 Å². The zero-order chi connectivity index (χ0) is 10.7. The van der Waals surface area contributed by atoms with Crippen molar-refractivity contribution in [2.45, 2.75) is 18.8 Å². The normalized spacial score (nSPS) is 21.3. The third kappa shape index (κ3) is 2.23. The summed E-state index contributed by atoms with van der Waals surface area (Å²) in [5, 5.41) is 13.1. The molecular formula is C12H17NO2. The molecule has 1 atom stereocenters. The summed E-state index contributed by atoms with van der Waals surface area (Å²) in [6.45, 7) is 2.03. The molecule has 0 aliphatic carbocycles. The maximum absolute atomic E-state index is 9.80. The maximum Gasteiger partial charge on any atom is 0.119 e. The topological polar surface area (TPSA) is 41.5 Å². The Morgan fingerprint density at radius 3 is 3.00 bits per heavy atom. The zero-order valence-electron chi connectivity index (χ0n) is 8.99. The number of aromatic hydroxyl groups is 1. The minimum absolute atomic E-state index is 0.379. The second-order valence-corrected chi connectivity index (χ2v) is 3.97. The predicted molar refractivity (Wildman–Crippen MR) is 59.5 cm³/mol. The van der Waals surface area contributed by atoms with E-state index >= 15 is 0 Å². The van der Waals surface area contributed by atoms with E-state index in [1.165, 1.54) is 6.42 Å². The number of nitrogens with one attached hydrogen (secondary N) is 1. The van der Waals surface area contributed by atoms with Gasteiger partial charge in [-0.3, -0.25) is 0 Å². The molecular weight excluding hydrogens is 190 g/mol. The molecule has 1 aliphatic heterocycles. The molecule has 1 aliphatic rings. The van der Waals surface area contributed by atoms with Crippen molar-refractivity contribution in [2.75, 3.05) is 20.2 Å². The van der Waals surface area contributed by atoms with Crippen molar-refractivity contribution < 1.29 is 9.84 Å². The van der Waals surface area contributed by atoms with E-state index in [0.717, 1.165) is 30.8 Å². The Morgan fingerprint density at radius 2 is 2.33 bits per heavy atom. The Hall–Kier alpha value is -1.22. The number of hydrogen-bond donors (Lipinski definition) is 2. The van der Waals surface area contributed by atoms with Gasteiger partial charge in [-0.2, -0.15) is 0 Å². The van der Waals surface area contributed by atoms with Crippen molar-refractivity contribution in [3.05, 3.63) is 23.8 Å². The average Bonchev–Trinajstić information content (AvgIpc) is 2.31. The molecule has 1 fully saturated rings. The summed E-state index contributed by atoms with van der Waals surface area (Å²) in [5.74, 6) is 1.60. The molecule has 1 saturated heterocycles. The molecule has 15 heavy (non-hydrogen) atoms. The van der Waals surface area contributed by atoms with E-state index in [1.807, 2.05) is 6.07 Å². The van der Waals surface area contributed by atoms with Gasteiger partial charge >= 0.3 is 0 Å². The smallest absolute Gasteiger partial charge is 0.119 e. The minimum Gasteiger partial charge on any atom is -0.508 e. The molecule has 1 heterocycles. The van der Waals surface area contributed by atoms with Crippen LogP contribution in [0.5, 0.6) is 11.5 Å². The molecule has 3 nitrogen and oxygen atoms in total. The van der Waals surface area contributed by atoms with Gasteiger partial charge in [-0.05, 0) is 37.6 Å². The summed E-state index contributed by atoms with van der Waals surface area (Å²) in [6, 6.07) is 5.44. The lowest BCUT2D eigenvalue weighted by molar-refractivity contribution is 0.401. The second kappa shape index (κ2) is 4.53. The van der Waals surface area contributed by atoms with Crippen molar-refractivity contribution in [3.8, 4) is 11.5 Å². The third-order valence-electron chi connectivity index (χ3n) is 2.97. The fourth-order valence-electron chi connectivity index (χ4n) is 2.10. The molecule has 0 saturated carbocycles. The molecule has 1 aromatic rings. The van der Waals surface area contributed by atoms with Crippen LogP contribution in [0.3, 0.4) is 0 Å². The molecule has 1 unspecified atom stereocenters. The van der Waals surface area contributed by atoms with Gasteiger partial charge in [0, 0.05) is 18.0 Å². The van der Waals surface area contributed by atoms with Crippen molar-refractivity contribution in [2.24, 2.45) is 0 Å². The van der Waals surface area contributed by atoms with Gasteiger partial charge in [0.2, 0.25) is 0 Å². The third-order valence-corrected chi connectivity index (χ3v) is 2.97. The Bertz CT molecular complexity index is 332. The average molecular weight is 207 g/mol. The molecule has 2 N–H and O–H groups in total. The number of ether oxygens (including phenoxy) is 1. The minimum atomic E-state index is 0.379. The van der Waals surface area contributed by atoms with Gasteiger partial charge in [0.1, 0.15) is 11.5 Å². The summed E-state index contributed by atoms with van der Waals surface area (Å²) < 4.78 is 5.17. The van der Waals surface area contributed by atoms with E-state index in [4.69, 9.17) is 4.74 Å². The zero-order valence-corrected chi connectivity index (χ0v) is 8.99. The monoisotopic (exact) mass is 207 g/mol. The first-order valence-electron chi connectivity index (χ1n) is 5.39. The molecule has 0 bridgehead atoms. The van der Waals surface area contributed by atoms with Crippen LogP contribution in [0.2, 0.25) is 0 Å². The highest BCUT2D eigenvalue weighted by Crippen LogP contribution is 2.33. The van der Waals surface area contributed by atoms with Crippen molar-refractivity contribution in [1.82, 2.24) is 5.32 Å². The van der Waals surface area contributed by atoms with Crippen LogP contribution < -0.4 is 10.1 Å². The van der Waals surface area contributed by atoms with Crippen LogP contribution >= 0.6 is 0 Å².